The fourth-order valence-electron chi connectivity index (χ4n) is 2.83. The Morgan fingerprint density at radius 3 is 2.71 bits per heavy atom. The van der Waals surface area contributed by atoms with Crippen LogP contribution in [0.5, 0.6) is 0 Å². The molecule has 1 heterocycles. The van der Waals surface area contributed by atoms with E-state index in [-0.39, 0.29) is 18.4 Å². The predicted molar refractivity (Wildman–Crippen MR) is 95.4 cm³/mol. The van der Waals surface area contributed by atoms with E-state index >= 15 is 0 Å². The van der Waals surface area contributed by atoms with Crippen LogP contribution in [-0.2, 0) is 22.4 Å². The van der Waals surface area contributed by atoms with Gasteiger partial charge in [0.1, 0.15) is 6.54 Å². The van der Waals surface area contributed by atoms with Crippen LogP contribution in [0, 0.1) is 6.92 Å². The Bertz CT molecular complexity index is 771. The summed E-state index contributed by atoms with van der Waals surface area (Å²) in [5, 5.41) is 3.48. The van der Waals surface area contributed by atoms with Gasteiger partial charge in [-0.05, 0) is 42.7 Å². The number of aryl methyl sites for hydroxylation is 1. The van der Waals surface area contributed by atoms with Gasteiger partial charge in [-0.15, -0.1) is 0 Å². The van der Waals surface area contributed by atoms with Gasteiger partial charge in [-0.25, -0.2) is 0 Å². The van der Waals surface area contributed by atoms with Crippen LogP contribution in [-0.4, -0.2) is 24.9 Å². The number of carbonyl (C=O) groups excluding carboxylic acids is 2. The van der Waals surface area contributed by atoms with Gasteiger partial charge in [0.2, 0.25) is 11.8 Å². The predicted octanol–water partition coefficient (Wildman–Crippen LogP) is 2.90. The number of rotatable bonds is 5. The number of anilines is 1. The topological polar surface area (TPSA) is 49.4 Å². The molecule has 2 aromatic carbocycles. The van der Waals surface area contributed by atoms with E-state index in [1.54, 1.807) is 18.2 Å². The average Bonchev–Trinajstić information content (AvgIpc) is 2.84. The molecule has 0 unspecified atom stereocenters. The molecule has 0 fully saturated rings. The first-order valence-electron chi connectivity index (χ1n) is 7.94. The zero-order chi connectivity index (χ0) is 17.1. The van der Waals surface area contributed by atoms with E-state index in [0.717, 1.165) is 17.7 Å². The number of hydrogen-bond donors (Lipinski definition) is 1. The Hall–Kier alpha value is -2.33. The molecule has 0 radical (unpaired) electrons. The number of fused-ring (bicyclic) bond motifs is 1. The number of benzene rings is 2. The summed E-state index contributed by atoms with van der Waals surface area (Å²) in [7, 11) is 0. The molecular weight excluding hydrogens is 324 g/mol. The summed E-state index contributed by atoms with van der Waals surface area (Å²) in [6.45, 7) is 2.64. The van der Waals surface area contributed by atoms with E-state index in [9.17, 15) is 9.59 Å². The summed E-state index contributed by atoms with van der Waals surface area (Å²) in [5.74, 6) is -0.223. The van der Waals surface area contributed by atoms with Crippen molar-refractivity contribution in [1.29, 1.82) is 0 Å². The molecule has 5 heteroatoms. The maximum absolute atomic E-state index is 12.1. The van der Waals surface area contributed by atoms with Gasteiger partial charge < -0.3 is 10.2 Å². The van der Waals surface area contributed by atoms with Crippen LogP contribution < -0.4 is 10.2 Å². The first kappa shape index (κ1) is 16.5. The fourth-order valence-corrected chi connectivity index (χ4v) is 3.02. The molecular formula is C19H19ClN2O2. The third kappa shape index (κ3) is 3.77. The van der Waals surface area contributed by atoms with E-state index in [1.165, 1.54) is 16.0 Å². The van der Waals surface area contributed by atoms with Crippen molar-refractivity contribution < 1.29 is 9.59 Å². The number of nitrogens with one attached hydrogen (secondary N) is 1. The first-order valence-corrected chi connectivity index (χ1v) is 8.32. The Balaban J connectivity index is 1.54. The Labute approximate surface area is 146 Å². The minimum absolute atomic E-state index is 0.0430. The highest BCUT2D eigenvalue weighted by molar-refractivity contribution is 6.31. The highest BCUT2D eigenvalue weighted by Crippen LogP contribution is 2.30. The molecule has 0 saturated heterocycles. The maximum Gasteiger partial charge on any atom is 0.240 e. The highest BCUT2D eigenvalue weighted by Gasteiger charge is 2.28. The molecule has 24 heavy (non-hydrogen) atoms. The zero-order valence-corrected chi connectivity index (χ0v) is 14.3. The highest BCUT2D eigenvalue weighted by atomic mass is 35.5. The molecule has 2 amide bonds. The van der Waals surface area contributed by atoms with Gasteiger partial charge in [0.15, 0.2) is 0 Å². The SMILES string of the molecule is Cc1ccc(CCNC(=O)CN2C(=O)Cc3cc(Cl)ccc32)cc1. The molecule has 2 aromatic rings. The summed E-state index contributed by atoms with van der Waals surface area (Å²) in [4.78, 5) is 25.8. The lowest BCUT2D eigenvalue weighted by molar-refractivity contribution is -0.123. The van der Waals surface area contributed by atoms with Crippen molar-refractivity contribution in [2.24, 2.45) is 0 Å². The normalized spacial score (nSPS) is 13.1. The summed E-state index contributed by atoms with van der Waals surface area (Å²) < 4.78 is 0. The van der Waals surface area contributed by atoms with Crippen molar-refractivity contribution in [2.45, 2.75) is 19.8 Å². The van der Waals surface area contributed by atoms with Gasteiger partial charge in [0.05, 0.1) is 6.42 Å². The Kier molecular flexibility index (Phi) is 4.86. The second-order valence-electron chi connectivity index (χ2n) is 6.02. The maximum atomic E-state index is 12.1. The van der Waals surface area contributed by atoms with E-state index in [1.807, 2.05) is 6.92 Å². The fraction of sp³-hybridized carbons (Fsp3) is 0.263. The van der Waals surface area contributed by atoms with Gasteiger partial charge >= 0.3 is 0 Å². The van der Waals surface area contributed by atoms with Gasteiger partial charge in [-0.1, -0.05) is 41.4 Å². The number of carbonyl (C=O) groups is 2. The lowest BCUT2D eigenvalue weighted by Crippen LogP contribution is -2.39. The number of amides is 2. The second kappa shape index (κ2) is 7.05. The van der Waals surface area contributed by atoms with E-state index in [4.69, 9.17) is 11.6 Å². The van der Waals surface area contributed by atoms with Crippen molar-refractivity contribution in [3.05, 3.63) is 64.2 Å². The van der Waals surface area contributed by atoms with Crippen molar-refractivity contribution in [1.82, 2.24) is 5.32 Å². The molecule has 3 rings (SSSR count). The van der Waals surface area contributed by atoms with Crippen LogP contribution in [0.3, 0.4) is 0 Å². The van der Waals surface area contributed by atoms with E-state index < -0.39 is 0 Å². The van der Waals surface area contributed by atoms with Crippen molar-refractivity contribution in [3.8, 4) is 0 Å². The summed E-state index contributed by atoms with van der Waals surface area (Å²) in [6, 6.07) is 13.6. The Morgan fingerprint density at radius 1 is 1.21 bits per heavy atom. The average molecular weight is 343 g/mol. The van der Waals surface area contributed by atoms with Crippen LogP contribution >= 0.6 is 11.6 Å². The van der Waals surface area contributed by atoms with Gasteiger partial charge in [-0.3, -0.25) is 9.59 Å². The van der Waals surface area contributed by atoms with Crippen LogP contribution in [0.2, 0.25) is 5.02 Å². The van der Waals surface area contributed by atoms with Crippen molar-refractivity contribution in [3.63, 3.8) is 0 Å². The summed E-state index contributed by atoms with van der Waals surface area (Å²) in [6.07, 6.45) is 1.07. The van der Waals surface area contributed by atoms with Gasteiger partial charge in [-0.2, -0.15) is 0 Å². The lowest BCUT2D eigenvalue weighted by Gasteiger charge is -2.17. The van der Waals surface area contributed by atoms with Crippen molar-refractivity contribution >= 4 is 29.1 Å². The smallest absolute Gasteiger partial charge is 0.240 e. The third-order valence-electron chi connectivity index (χ3n) is 4.13. The first-order chi connectivity index (χ1) is 11.5. The minimum Gasteiger partial charge on any atom is -0.354 e. The summed E-state index contributed by atoms with van der Waals surface area (Å²) in [5.41, 5.74) is 4.05. The zero-order valence-electron chi connectivity index (χ0n) is 13.5. The monoisotopic (exact) mass is 342 g/mol. The molecule has 124 valence electrons. The molecule has 1 N–H and O–H groups in total. The molecule has 0 spiro atoms. The van der Waals surface area contributed by atoms with Crippen LogP contribution in [0.15, 0.2) is 42.5 Å². The van der Waals surface area contributed by atoms with E-state index in [2.05, 4.69) is 29.6 Å². The molecule has 4 nitrogen and oxygen atoms in total. The molecule has 0 aromatic heterocycles. The molecule has 0 aliphatic carbocycles. The minimum atomic E-state index is -0.154. The Morgan fingerprint density at radius 2 is 1.96 bits per heavy atom. The van der Waals surface area contributed by atoms with Gasteiger partial charge in [0.25, 0.3) is 0 Å². The second-order valence-corrected chi connectivity index (χ2v) is 6.45. The lowest BCUT2D eigenvalue weighted by atomic mass is 10.1. The summed E-state index contributed by atoms with van der Waals surface area (Å²) >= 11 is 5.95. The quantitative estimate of drug-likeness (QED) is 0.908. The number of nitrogens with zero attached hydrogens (tertiary/aromatic N) is 1. The third-order valence-corrected chi connectivity index (χ3v) is 4.37. The standard InChI is InChI=1S/C19H19ClN2O2/c1-13-2-4-14(5-3-13)8-9-21-18(23)12-22-17-7-6-16(20)10-15(17)11-19(22)24/h2-7,10H,8-9,11-12H2,1H3,(H,21,23). The number of hydrogen-bond acceptors (Lipinski definition) is 2. The van der Waals surface area contributed by atoms with Crippen molar-refractivity contribution in [2.75, 3.05) is 18.0 Å². The molecule has 0 saturated carbocycles. The molecule has 1 aliphatic rings. The largest absolute Gasteiger partial charge is 0.354 e. The van der Waals surface area contributed by atoms with Crippen LogP contribution in [0.25, 0.3) is 0 Å². The molecule has 1 aliphatic heterocycles. The van der Waals surface area contributed by atoms with E-state index in [0.29, 0.717) is 18.0 Å². The number of halogens is 1. The molecule has 0 bridgehead atoms. The van der Waals surface area contributed by atoms with Crippen LogP contribution in [0.1, 0.15) is 16.7 Å². The van der Waals surface area contributed by atoms with Gasteiger partial charge in [0, 0.05) is 17.3 Å². The molecule has 0 atom stereocenters. The van der Waals surface area contributed by atoms with Crippen LogP contribution in [0.4, 0.5) is 5.69 Å².